The van der Waals surface area contributed by atoms with Gasteiger partial charge in [0.2, 0.25) is 0 Å². The largest absolute Gasteiger partial charge is 0.508 e. The fourth-order valence-corrected chi connectivity index (χ4v) is 4.73. The molecule has 1 aromatic rings. The Hall–Kier alpha value is -1.02. The van der Waals surface area contributed by atoms with Gasteiger partial charge in [-0.1, -0.05) is 38.2 Å². The highest BCUT2D eigenvalue weighted by atomic mass is 16.5. The number of fused-ring (bicyclic) bond motifs is 4. The molecular formula is C18H24O2. The van der Waals surface area contributed by atoms with Crippen LogP contribution in [0.15, 0.2) is 18.2 Å². The highest BCUT2D eigenvalue weighted by Gasteiger charge is 2.46. The van der Waals surface area contributed by atoms with Crippen LogP contribution in [0.5, 0.6) is 5.75 Å². The summed E-state index contributed by atoms with van der Waals surface area (Å²) in [6.45, 7) is 0. The van der Waals surface area contributed by atoms with E-state index >= 15 is 0 Å². The SMILES string of the molecule is Oc1ccc2c(c1)[C@@H]1CCCC[C@H]1OC21CCCCC1. The third-order valence-corrected chi connectivity index (χ3v) is 5.67. The van der Waals surface area contributed by atoms with Gasteiger partial charge in [-0.25, -0.2) is 0 Å². The number of ether oxygens (including phenoxy) is 1. The molecular weight excluding hydrogens is 248 g/mol. The number of phenolic OH excluding ortho intramolecular Hbond substituents is 1. The number of benzene rings is 1. The monoisotopic (exact) mass is 272 g/mol. The van der Waals surface area contributed by atoms with Crippen LogP contribution in [-0.2, 0) is 10.3 Å². The molecule has 1 N–H and O–H groups in total. The van der Waals surface area contributed by atoms with Crippen LogP contribution < -0.4 is 0 Å². The molecule has 4 rings (SSSR count). The second-order valence-corrected chi connectivity index (χ2v) is 6.87. The summed E-state index contributed by atoms with van der Waals surface area (Å²) in [6.07, 6.45) is 11.6. The lowest BCUT2D eigenvalue weighted by Crippen LogP contribution is -2.45. The van der Waals surface area contributed by atoms with Crippen molar-refractivity contribution in [1.82, 2.24) is 0 Å². The molecule has 20 heavy (non-hydrogen) atoms. The van der Waals surface area contributed by atoms with Gasteiger partial charge in [-0.05, 0) is 48.9 Å². The average molecular weight is 272 g/mol. The molecule has 3 aliphatic rings. The maximum absolute atomic E-state index is 9.92. The molecule has 0 saturated heterocycles. The van der Waals surface area contributed by atoms with E-state index in [1.54, 1.807) is 0 Å². The summed E-state index contributed by atoms with van der Waals surface area (Å²) >= 11 is 0. The van der Waals surface area contributed by atoms with E-state index < -0.39 is 0 Å². The minimum atomic E-state index is -0.0419. The summed E-state index contributed by atoms with van der Waals surface area (Å²) in [5.74, 6) is 0.930. The molecule has 1 heterocycles. The van der Waals surface area contributed by atoms with Gasteiger partial charge in [-0.3, -0.25) is 0 Å². The summed E-state index contributed by atoms with van der Waals surface area (Å²) in [7, 11) is 0. The normalized spacial score (nSPS) is 31.6. The molecule has 0 bridgehead atoms. The molecule has 0 amide bonds. The van der Waals surface area contributed by atoms with E-state index in [1.165, 1.54) is 56.1 Å². The van der Waals surface area contributed by atoms with Crippen LogP contribution in [0.3, 0.4) is 0 Å². The molecule has 1 spiro atoms. The van der Waals surface area contributed by atoms with E-state index in [-0.39, 0.29) is 5.60 Å². The van der Waals surface area contributed by atoms with Crippen molar-refractivity contribution in [2.24, 2.45) is 0 Å². The maximum atomic E-state index is 9.92. The smallest absolute Gasteiger partial charge is 0.115 e. The summed E-state index contributed by atoms with van der Waals surface area (Å²) in [6, 6.07) is 6.01. The minimum Gasteiger partial charge on any atom is -0.508 e. The Morgan fingerprint density at radius 3 is 2.65 bits per heavy atom. The predicted octanol–water partition coefficient (Wildman–Crippen LogP) is 4.61. The van der Waals surface area contributed by atoms with Crippen molar-refractivity contribution < 1.29 is 9.84 Å². The number of phenols is 1. The first-order chi connectivity index (χ1) is 9.78. The van der Waals surface area contributed by atoms with Crippen LogP contribution in [0, 0.1) is 0 Å². The second kappa shape index (κ2) is 4.77. The molecule has 1 aromatic carbocycles. The van der Waals surface area contributed by atoms with Crippen molar-refractivity contribution >= 4 is 0 Å². The molecule has 0 radical (unpaired) electrons. The van der Waals surface area contributed by atoms with Gasteiger partial charge in [0, 0.05) is 5.92 Å². The zero-order valence-electron chi connectivity index (χ0n) is 12.1. The molecule has 0 unspecified atom stereocenters. The van der Waals surface area contributed by atoms with Gasteiger partial charge in [0.05, 0.1) is 11.7 Å². The molecule has 0 aromatic heterocycles. The topological polar surface area (TPSA) is 29.5 Å². The lowest BCUT2D eigenvalue weighted by molar-refractivity contribution is -0.149. The molecule has 2 saturated carbocycles. The molecule has 1 aliphatic heterocycles. The molecule has 2 atom stereocenters. The highest BCUT2D eigenvalue weighted by molar-refractivity contribution is 5.43. The minimum absolute atomic E-state index is 0.0419. The van der Waals surface area contributed by atoms with Crippen molar-refractivity contribution in [3.8, 4) is 5.75 Å². The first-order valence-electron chi connectivity index (χ1n) is 8.30. The van der Waals surface area contributed by atoms with Crippen LogP contribution >= 0.6 is 0 Å². The van der Waals surface area contributed by atoms with E-state index in [4.69, 9.17) is 4.74 Å². The first kappa shape index (κ1) is 12.7. The zero-order valence-corrected chi connectivity index (χ0v) is 12.1. The Balaban J connectivity index is 1.83. The zero-order chi connectivity index (χ0) is 13.6. The number of hydrogen-bond donors (Lipinski definition) is 1. The van der Waals surface area contributed by atoms with E-state index in [0.717, 1.165) is 12.8 Å². The van der Waals surface area contributed by atoms with Crippen molar-refractivity contribution in [1.29, 1.82) is 0 Å². The first-order valence-corrected chi connectivity index (χ1v) is 8.30. The Bertz CT molecular complexity index is 502. The third-order valence-electron chi connectivity index (χ3n) is 5.67. The average Bonchev–Trinajstić information content (AvgIpc) is 2.48. The van der Waals surface area contributed by atoms with Crippen molar-refractivity contribution in [3.63, 3.8) is 0 Å². The summed E-state index contributed by atoms with van der Waals surface area (Å²) < 4.78 is 6.70. The van der Waals surface area contributed by atoms with Crippen LogP contribution in [-0.4, -0.2) is 11.2 Å². The van der Waals surface area contributed by atoms with E-state index in [9.17, 15) is 5.11 Å². The Morgan fingerprint density at radius 2 is 1.80 bits per heavy atom. The van der Waals surface area contributed by atoms with Crippen LogP contribution in [0.2, 0.25) is 0 Å². The van der Waals surface area contributed by atoms with Gasteiger partial charge in [0.25, 0.3) is 0 Å². The van der Waals surface area contributed by atoms with Crippen LogP contribution in [0.4, 0.5) is 0 Å². The number of aromatic hydroxyl groups is 1. The second-order valence-electron chi connectivity index (χ2n) is 6.87. The fraction of sp³-hybridized carbons (Fsp3) is 0.667. The maximum Gasteiger partial charge on any atom is 0.115 e. The Labute approximate surface area is 121 Å². The molecule has 2 aliphatic carbocycles. The van der Waals surface area contributed by atoms with Gasteiger partial charge in [0.15, 0.2) is 0 Å². The summed E-state index contributed by atoms with van der Waals surface area (Å²) in [5, 5.41) is 9.92. The standard InChI is InChI=1S/C18H24O2/c19-13-8-9-16-15(12-13)14-6-2-3-7-17(14)20-18(16)10-4-1-5-11-18/h8-9,12,14,17,19H,1-7,10-11H2/t14-,17+/m0/s1. The number of rotatable bonds is 0. The van der Waals surface area contributed by atoms with Crippen LogP contribution in [0.25, 0.3) is 0 Å². The quantitative estimate of drug-likeness (QED) is 0.747. The lowest BCUT2D eigenvalue weighted by atomic mass is 9.69. The van der Waals surface area contributed by atoms with Crippen molar-refractivity contribution in [2.75, 3.05) is 0 Å². The Morgan fingerprint density at radius 1 is 1.00 bits per heavy atom. The molecule has 108 valence electrons. The predicted molar refractivity (Wildman–Crippen MR) is 79.0 cm³/mol. The van der Waals surface area contributed by atoms with Crippen LogP contribution in [0.1, 0.15) is 74.8 Å². The van der Waals surface area contributed by atoms with Crippen molar-refractivity contribution in [3.05, 3.63) is 29.3 Å². The molecule has 2 fully saturated rings. The Kier molecular flexibility index (Phi) is 3.03. The summed E-state index contributed by atoms with van der Waals surface area (Å²) in [5.41, 5.74) is 2.74. The van der Waals surface area contributed by atoms with Gasteiger partial charge >= 0.3 is 0 Å². The lowest BCUT2D eigenvalue weighted by Gasteiger charge is -2.49. The van der Waals surface area contributed by atoms with E-state index in [2.05, 4.69) is 6.07 Å². The number of hydrogen-bond acceptors (Lipinski definition) is 2. The van der Waals surface area contributed by atoms with Gasteiger partial charge in [0.1, 0.15) is 5.75 Å². The third kappa shape index (κ3) is 1.88. The van der Waals surface area contributed by atoms with Crippen molar-refractivity contribution in [2.45, 2.75) is 75.4 Å². The van der Waals surface area contributed by atoms with Gasteiger partial charge < -0.3 is 9.84 Å². The van der Waals surface area contributed by atoms with E-state index in [1.807, 2.05) is 12.1 Å². The fourth-order valence-electron chi connectivity index (χ4n) is 4.73. The van der Waals surface area contributed by atoms with Gasteiger partial charge in [-0.15, -0.1) is 0 Å². The molecule has 2 nitrogen and oxygen atoms in total. The molecule has 2 heteroatoms. The van der Waals surface area contributed by atoms with E-state index in [0.29, 0.717) is 17.8 Å². The summed E-state index contributed by atoms with van der Waals surface area (Å²) in [4.78, 5) is 0. The highest BCUT2D eigenvalue weighted by Crippen LogP contribution is 2.53. The van der Waals surface area contributed by atoms with Gasteiger partial charge in [-0.2, -0.15) is 0 Å².